The zero-order chi connectivity index (χ0) is 13.5. The SMILES string of the molecule is CCOCCN1CCC(Oc2cncc(C)n2)CC1. The number of rotatable bonds is 6. The lowest BCUT2D eigenvalue weighted by molar-refractivity contribution is 0.0670. The Bertz CT molecular complexity index is 379. The number of likely N-dealkylation sites (tertiary alicyclic amines) is 1. The van der Waals surface area contributed by atoms with Crippen molar-refractivity contribution >= 4 is 0 Å². The second-order valence-electron chi connectivity index (χ2n) is 4.85. The predicted octanol–water partition coefficient (Wildman–Crippen LogP) is 1.66. The van der Waals surface area contributed by atoms with Crippen LogP contribution in [0.1, 0.15) is 25.5 Å². The van der Waals surface area contributed by atoms with Gasteiger partial charge in [-0.1, -0.05) is 0 Å². The Balaban J connectivity index is 1.71. The second kappa shape index (κ2) is 7.40. The van der Waals surface area contributed by atoms with Gasteiger partial charge in [0.15, 0.2) is 0 Å². The molecule has 0 unspecified atom stereocenters. The van der Waals surface area contributed by atoms with E-state index in [9.17, 15) is 0 Å². The van der Waals surface area contributed by atoms with Crippen LogP contribution in [0.4, 0.5) is 0 Å². The Labute approximate surface area is 115 Å². The van der Waals surface area contributed by atoms with Gasteiger partial charge in [0.2, 0.25) is 5.88 Å². The van der Waals surface area contributed by atoms with Crippen molar-refractivity contribution in [2.45, 2.75) is 32.8 Å². The Morgan fingerprint density at radius 3 is 2.79 bits per heavy atom. The maximum absolute atomic E-state index is 5.88. The molecule has 0 radical (unpaired) electrons. The molecule has 1 aromatic rings. The van der Waals surface area contributed by atoms with Gasteiger partial charge in [-0.2, -0.15) is 0 Å². The predicted molar refractivity (Wildman–Crippen MR) is 73.4 cm³/mol. The first-order valence-corrected chi connectivity index (χ1v) is 7.03. The fourth-order valence-corrected chi connectivity index (χ4v) is 2.26. The van der Waals surface area contributed by atoms with Crippen molar-refractivity contribution in [2.75, 3.05) is 32.8 Å². The van der Waals surface area contributed by atoms with Gasteiger partial charge >= 0.3 is 0 Å². The van der Waals surface area contributed by atoms with E-state index in [1.165, 1.54) is 0 Å². The average molecular weight is 265 g/mol. The van der Waals surface area contributed by atoms with E-state index in [1.807, 2.05) is 13.8 Å². The van der Waals surface area contributed by atoms with Gasteiger partial charge in [0.25, 0.3) is 0 Å². The molecular weight excluding hydrogens is 242 g/mol. The minimum Gasteiger partial charge on any atom is -0.473 e. The zero-order valence-electron chi connectivity index (χ0n) is 11.8. The highest BCUT2D eigenvalue weighted by molar-refractivity contribution is 5.07. The van der Waals surface area contributed by atoms with E-state index in [0.717, 1.165) is 51.4 Å². The van der Waals surface area contributed by atoms with Crippen LogP contribution in [0.5, 0.6) is 5.88 Å². The molecule has 0 amide bonds. The first-order valence-electron chi connectivity index (χ1n) is 7.03. The molecule has 1 aliphatic rings. The molecule has 1 aliphatic heterocycles. The molecule has 5 nitrogen and oxygen atoms in total. The zero-order valence-corrected chi connectivity index (χ0v) is 11.8. The molecular formula is C14H23N3O2. The number of piperidine rings is 1. The van der Waals surface area contributed by atoms with Crippen LogP contribution in [0.15, 0.2) is 12.4 Å². The van der Waals surface area contributed by atoms with Crippen molar-refractivity contribution in [1.29, 1.82) is 0 Å². The quantitative estimate of drug-likeness (QED) is 0.732. The van der Waals surface area contributed by atoms with Gasteiger partial charge in [-0.25, -0.2) is 4.98 Å². The number of ether oxygens (including phenoxy) is 2. The van der Waals surface area contributed by atoms with Crippen molar-refractivity contribution < 1.29 is 9.47 Å². The van der Waals surface area contributed by atoms with Crippen molar-refractivity contribution in [3.8, 4) is 5.88 Å². The molecule has 1 fully saturated rings. The van der Waals surface area contributed by atoms with Gasteiger partial charge in [-0.3, -0.25) is 4.98 Å². The summed E-state index contributed by atoms with van der Waals surface area (Å²) >= 11 is 0. The first kappa shape index (κ1) is 14.2. The van der Waals surface area contributed by atoms with Gasteiger partial charge in [0.05, 0.1) is 18.5 Å². The third-order valence-corrected chi connectivity index (χ3v) is 3.31. The Morgan fingerprint density at radius 2 is 2.11 bits per heavy atom. The molecule has 1 saturated heterocycles. The second-order valence-corrected chi connectivity index (χ2v) is 4.85. The lowest BCUT2D eigenvalue weighted by atomic mass is 10.1. The molecule has 1 aromatic heterocycles. The Kier molecular flexibility index (Phi) is 5.54. The summed E-state index contributed by atoms with van der Waals surface area (Å²) < 4.78 is 11.3. The van der Waals surface area contributed by atoms with E-state index >= 15 is 0 Å². The molecule has 0 atom stereocenters. The summed E-state index contributed by atoms with van der Waals surface area (Å²) in [5, 5.41) is 0. The molecule has 2 rings (SSSR count). The fraction of sp³-hybridized carbons (Fsp3) is 0.714. The number of nitrogens with zero attached hydrogens (tertiary/aromatic N) is 3. The maximum Gasteiger partial charge on any atom is 0.232 e. The van der Waals surface area contributed by atoms with E-state index in [0.29, 0.717) is 5.88 Å². The van der Waals surface area contributed by atoms with Crippen molar-refractivity contribution in [3.05, 3.63) is 18.1 Å². The third-order valence-electron chi connectivity index (χ3n) is 3.31. The molecule has 106 valence electrons. The van der Waals surface area contributed by atoms with Gasteiger partial charge in [0.1, 0.15) is 6.10 Å². The number of hydrogen-bond donors (Lipinski definition) is 0. The Morgan fingerprint density at radius 1 is 1.32 bits per heavy atom. The van der Waals surface area contributed by atoms with Crippen molar-refractivity contribution in [1.82, 2.24) is 14.9 Å². The summed E-state index contributed by atoms with van der Waals surface area (Å²) in [6.45, 7) is 8.73. The summed E-state index contributed by atoms with van der Waals surface area (Å²) in [7, 11) is 0. The molecule has 19 heavy (non-hydrogen) atoms. The smallest absolute Gasteiger partial charge is 0.232 e. The molecule has 0 aromatic carbocycles. The molecule has 0 saturated carbocycles. The molecule has 0 bridgehead atoms. The van der Waals surface area contributed by atoms with E-state index in [2.05, 4.69) is 14.9 Å². The van der Waals surface area contributed by atoms with Crippen LogP contribution >= 0.6 is 0 Å². The van der Waals surface area contributed by atoms with E-state index in [1.54, 1.807) is 12.4 Å². The number of hydrogen-bond acceptors (Lipinski definition) is 5. The van der Waals surface area contributed by atoms with Crippen LogP contribution in [0.25, 0.3) is 0 Å². The number of aromatic nitrogens is 2. The Hall–Kier alpha value is -1.20. The van der Waals surface area contributed by atoms with Crippen LogP contribution in [-0.2, 0) is 4.74 Å². The van der Waals surface area contributed by atoms with Crippen LogP contribution in [0, 0.1) is 6.92 Å². The fourth-order valence-electron chi connectivity index (χ4n) is 2.26. The molecule has 0 aliphatic carbocycles. The van der Waals surface area contributed by atoms with Crippen LogP contribution in [-0.4, -0.2) is 53.8 Å². The highest BCUT2D eigenvalue weighted by Gasteiger charge is 2.20. The molecule has 2 heterocycles. The van der Waals surface area contributed by atoms with Crippen molar-refractivity contribution in [3.63, 3.8) is 0 Å². The molecule has 0 N–H and O–H groups in total. The van der Waals surface area contributed by atoms with Gasteiger partial charge < -0.3 is 14.4 Å². The van der Waals surface area contributed by atoms with E-state index in [-0.39, 0.29) is 6.10 Å². The topological polar surface area (TPSA) is 47.5 Å². The van der Waals surface area contributed by atoms with E-state index in [4.69, 9.17) is 9.47 Å². The van der Waals surface area contributed by atoms with Crippen LogP contribution in [0.2, 0.25) is 0 Å². The van der Waals surface area contributed by atoms with Gasteiger partial charge in [-0.05, 0) is 26.7 Å². The maximum atomic E-state index is 5.88. The highest BCUT2D eigenvalue weighted by atomic mass is 16.5. The number of aryl methyl sites for hydroxylation is 1. The lowest BCUT2D eigenvalue weighted by Gasteiger charge is -2.31. The third kappa shape index (κ3) is 4.76. The lowest BCUT2D eigenvalue weighted by Crippen LogP contribution is -2.39. The minimum absolute atomic E-state index is 0.263. The standard InChI is InChI=1S/C14H23N3O2/c1-3-18-9-8-17-6-4-13(5-7-17)19-14-11-15-10-12(2)16-14/h10-11,13H,3-9H2,1-2H3. The summed E-state index contributed by atoms with van der Waals surface area (Å²) in [4.78, 5) is 10.9. The average Bonchev–Trinajstić information content (AvgIpc) is 2.41. The van der Waals surface area contributed by atoms with Crippen LogP contribution < -0.4 is 4.74 Å². The molecule has 0 spiro atoms. The summed E-state index contributed by atoms with van der Waals surface area (Å²) in [6, 6.07) is 0. The van der Waals surface area contributed by atoms with Crippen LogP contribution in [0.3, 0.4) is 0 Å². The first-order chi connectivity index (χ1) is 9.28. The largest absolute Gasteiger partial charge is 0.473 e. The monoisotopic (exact) mass is 265 g/mol. The van der Waals surface area contributed by atoms with Crippen molar-refractivity contribution in [2.24, 2.45) is 0 Å². The summed E-state index contributed by atoms with van der Waals surface area (Å²) in [6.07, 6.45) is 5.78. The normalized spacial score (nSPS) is 17.6. The van der Waals surface area contributed by atoms with E-state index < -0.39 is 0 Å². The molecule has 5 heteroatoms. The summed E-state index contributed by atoms with van der Waals surface area (Å²) in [5.74, 6) is 0.646. The highest BCUT2D eigenvalue weighted by Crippen LogP contribution is 2.16. The van der Waals surface area contributed by atoms with Gasteiger partial charge in [0, 0.05) is 32.4 Å². The minimum atomic E-state index is 0.263. The summed E-state index contributed by atoms with van der Waals surface area (Å²) in [5.41, 5.74) is 0.895. The van der Waals surface area contributed by atoms with Gasteiger partial charge in [-0.15, -0.1) is 0 Å².